The zero-order chi connectivity index (χ0) is 15.4. The van der Waals surface area contributed by atoms with Gasteiger partial charge in [0.25, 0.3) is 0 Å². The minimum absolute atomic E-state index is 0.195. The molecule has 0 aliphatic rings. The number of allylic oxidation sites excluding steroid dienone is 1. The van der Waals surface area contributed by atoms with Gasteiger partial charge >= 0.3 is 0 Å². The number of hydrogen-bond donors (Lipinski definition) is 2. The topological polar surface area (TPSA) is 81.3 Å². The standard InChI is InChI=1S/C16H10FNO3/c17-12-3-1-2-10(7-12)6-11(9-18)16(21)14-8-13(19)4-5-15(14)20/h1-8,19-20H/b11-6-. The first kappa shape index (κ1) is 14.3. The van der Waals surface area contributed by atoms with Crippen molar-refractivity contribution in [1.29, 1.82) is 5.26 Å². The molecule has 2 rings (SSSR count). The Morgan fingerprint density at radius 3 is 2.62 bits per heavy atom. The van der Waals surface area contributed by atoms with E-state index in [1.165, 1.54) is 36.4 Å². The zero-order valence-corrected chi connectivity index (χ0v) is 10.7. The van der Waals surface area contributed by atoms with Crippen LogP contribution in [-0.4, -0.2) is 16.0 Å². The van der Waals surface area contributed by atoms with Gasteiger partial charge in [-0.2, -0.15) is 5.26 Å². The Balaban J connectivity index is 2.44. The number of Topliss-reactive ketones (excluding diaryl/α,β-unsaturated/α-hetero) is 1. The number of phenols is 2. The molecule has 2 aromatic rings. The number of benzene rings is 2. The molecule has 0 saturated heterocycles. The highest BCUT2D eigenvalue weighted by molar-refractivity contribution is 6.15. The molecule has 0 atom stereocenters. The lowest BCUT2D eigenvalue weighted by Crippen LogP contribution is -2.02. The Morgan fingerprint density at radius 2 is 1.95 bits per heavy atom. The van der Waals surface area contributed by atoms with Crippen LogP contribution in [0.4, 0.5) is 4.39 Å². The van der Waals surface area contributed by atoms with Crippen molar-refractivity contribution in [2.45, 2.75) is 0 Å². The minimum Gasteiger partial charge on any atom is -0.508 e. The first-order valence-corrected chi connectivity index (χ1v) is 5.95. The number of carbonyl (C=O) groups is 1. The molecule has 5 heteroatoms. The van der Waals surface area contributed by atoms with Crippen molar-refractivity contribution in [2.24, 2.45) is 0 Å². The summed E-state index contributed by atoms with van der Waals surface area (Å²) >= 11 is 0. The molecule has 0 unspecified atom stereocenters. The Bertz CT molecular complexity index is 775. The summed E-state index contributed by atoms with van der Waals surface area (Å²) in [7, 11) is 0. The van der Waals surface area contributed by atoms with Gasteiger partial charge < -0.3 is 10.2 Å². The Labute approximate surface area is 120 Å². The van der Waals surface area contributed by atoms with Gasteiger partial charge in [-0.3, -0.25) is 4.79 Å². The summed E-state index contributed by atoms with van der Waals surface area (Å²) in [5.74, 6) is -1.80. The van der Waals surface area contributed by atoms with Crippen molar-refractivity contribution in [3.8, 4) is 17.6 Å². The molecule has 0 aliphatic heterocycles. The van der Waals surface area contributed by atoms with Crippen LogP contribution in [0.2, 0.25) is 0 Å². The van der Waals surface area contributed by atoms with E-state index in [1.54, 1.807) is 6.07 Å². The summed E-state index contributed by atoms with van der Waals surface area (Å²) in [5, 5.41) is 28.1. The molecule has 0 aromatic heterocycles. The van der Waals surface area contributed by atoms with E-state index in [0.717, 1.165) is 12.1 Å². The molecule has 21 heavy (non-hydrogen) atoms. The number of carbonyl (C=O) groups excluding carboxylic acids is 1. The molecular weight excluding hydrogens is 273 g/mol. The number of ketones is 1. The van der Waals surface area contributed by atoms with Crippen molar-refractivity contribution in [1.82, 2.24) is 0 Å². The first-order chi connectivity index (χ1) is 10.0. The van der Waals surface area contributed by atoms with E-state index in [9.17, 15) is 19.4 Å². The normalized spacial score (nSPS) is 11.0. The van der Waals surface area contributed by atoms with Gasteiger partial charge in [-0.1, -0.05) is 12.1 Å². The second-order valence-electron chi connectivity index (χ2n) is 4.26. The highest BCUT2D eigenvalue weighted by Crippen LogP contribution is 2.25. The van der Waals surface area contributed by atoms with Crippen molar-refractivity contribution < 1.29 is 19.4 Å². The van der Waals surface area contributed by atoms with Crippen LogP contribution < -0.4 is 0 Å². The Morgan fingerprint density at radius 1 is 1.19 bits per heavy atom. The van der Waals surface area contributed by atoms with Gasteiger partial charge in [-0.05, 0) is 42.0 Å². The molecule has 0 heterocycles. The molecule has 0 spiro atoms. The molecule has 0 amide bonds. The maximum Gasteiger partial charge on any atom is 0.207 e. The molecular formula is C16H10FNO3. The summed E-state index contributed by atoms with van der Waals surface area (Å²) in [4.78, 5) is 12.2. The van der Waals surface area contributed by atoms with E-state index in [0.29, 0.717) is 5.56 Å². The van der Waals surface area contributed by atoms with Gasteiger partial charge in [0, 0.05) is 0 Å². The predicted molar refractivity (Wildman–Crippen MR) is 74.1 cm³/mol. The van der Waals surface area contributed by atoms with Gasteiger partial charge in [0.2, 0.25) is 5.78 Å². The van der Waals surface area contributed by atoms with Crippen LogP contribution in [0.5, 0.6) is 11.5 Å². The monoisotopic (exact) mass is 283 g/mol. The molecule has 2 aromatic carbocycles. The van der Waals surface area contributed by atoms with E-state index in [2.05, 4.69) is 0 Å². The van der Waals surface area contributed by atoms with Gasteiger partial charge in [0.15, 0.2) is 0 Å². The number of hydrogen-bond acceptors (Lipinski definition) is 4. The SMILES string of the molecule is N#C/C(=C/c1cccc(F)c1)C(=O)c1cc(O)ccc1O. The van der Waals surface area contributed by atoms with Gasteiger partial charge in [-0.25, -0.2) is 4.39 Å². The molecule has 2 N–H and O–H groups in total. The number of nitrogens with zero attached hydrogens (tertiary/aromatic N) is 1. The second kappa shape index (κ2) is 5.88. The van der Waals surface area contributed by atoms with E-state index >= 15 is 0 Å². The lowest BCUT2D eigenvalue weighted by molar-refractivity contribution is 0.103. The van der Waals surface area contributed by atoms with Crippen molar-refractivity contribution in [2.75, 3.05) is 0 Å². The second-order valence-corrected chi connectivity index (χ2v) is 4.26. The Kier molecular flexibility index (Phi) is 4.00. The lowest BCUT2D eigenvalue weighted by Gasteiger charge is -2.04. The third kappa shape index (κ3) is 3.25. The molecule has 0 aliphatic carbocycles. The molecule has 4 nitrogen and oxygen atoms in total. The summed E-state index contributed by atoms with van der Waals surface area (Å²) in [5.41, 5.74) is -0.125. The summed E-state index contributed by atoms with van der Waals surface area (Å²) in [6.45, 7) is 0. The van der Waals surface area contributed by atoms with Crippen LogP contribution >= 0.6 is 0 Å². The Hall–Kier alpha value is -3.13. The van der Waals surface area contributed by atoms with Crippen LogP contribution in [0.15, 0.2) is 48.0 Å². The molecule has 0 saturated carbocycles. The van der Waals surface area contributed by atoms with Crippen LogP contribution in [0.25, 0.3) is 6.08 Å². The summed E-state index contributed by atoms with van der Waals surface area (Å²) < 4.78 is 13.1. The molecule has 0 bridgehead atoms. The maximum atomic E-state index is 13.1. The smallest absolute Gasteiger partial charge is 0.207 e. The third-order valence-corrected chi connectivity index (χ3v) is 2.75. The average molecular weight is 283 g/mol. The van der Waals surface area contributed by atoms with Crippen LogP contribution in [0, 0.1) is 17.1 Å². The largest absolute Gasteiger partial charge is 0.508 e. The summed E-state index contributed by atoms with van der Waals surface area (Å²) in [6, 6.07) is 10.5. The fourth-order valence-electron chi connectivity index (χ4n) is 1.76. The number of aromatic hydroxyl groups is 2. The van der Waals surface area contributed by atoms with E-state index < -0.39 is 11.6 Å². The van der Waals surface area contributed by atoms with Crippen LogP contribution in [-0.2, 0) is 0 Å². The van der Waals surface area contributed by atoms with Crippen LogP contribution in [0.1, 0.15) is 15.9 Å². The van der Waals surface area contributed by atoms with Crippen molar-refractivity contribution >= 4 is 11.9 Å². The van der Waals surface area contributed by atoms with Gasteiger partial charge in [0.05, 0.1) is 5.56 Å². The van der Waals surface area contributed by atoms with Gasteiger partial charge in [-0.15, -0.1) is 0 Å². The highest BCUT2D eigenvalue weighted by Gasteiger charge is 2.17. The quantitative estimate of drug-likeness (QED) is 0.392. The minimum atomic E-state index is -0.754. The fraction of sp³-hybridized carbons (Fsp3) is 0. The first-order valence-electron chi connectivity index (χ1n) is 5.95. The number of phenolic OH excluding ortho intramolecular Hbond substituents is 2. The maximum absolute atomic E-state index is 13.1. The highest BCUT2D eigenvalue weighted by atomic mass is 19.1. The van der Waals surface area contributed by atoms with Crippen molar-refractivity contribution in [3.63, 3.8) is 0 Å². The van der Waals surface area contributed by atoms with E-state index in [-0.39, 0.29) is 22.6 Å². The lowest BCUT2D eigenvalue weighted by atomic mass is 10.0. The fourth-order valence-corrected chi connectivity index (χ4v) is 1.76. The van der Waals surface area contributed by atoms with Gasteiger partial charge in [0.1, 0.15) is 29.0 Å². The third-order valence-electron chi connectivity index (χ3n) is 2.75. The van der Waals surface area contributed by atoms with E-state index in [1.807, 2.05) is 0 Å². The predicted octanol–water partition coefficient (Wildman–Crippen LogP) is 3.03. The molecule has 0 radical (unpaired) electrons. The van der Waals surface area contributed by atoms with Crippen molar-refractivity contribution in [3.05, 3.63) is 65.0 Å². The number of rotatable bonds is 3. The number of nitriles is 1. The molecule has 0 fully saturated rings. The number of halogens is 1. The van der Waals surface area contributed by atoms with Crippen LogP contribution in [0.3, 0.4) is 0 Å². The average Bonchev–Trinajstić information content (AvgIpc) is 2.46. The molecule has 104 valence electrons. The zero-order valence-electron chi connectivity index (χ0n) is 10.7. The summed E-state index contributed by atoms with van der Waals surface area (Å²) in [6.07, 6.45) is 1.22. The van der Waals surface area contributed by atoms with E-state index in [4.69, 9.17) is 5.26 Å².